The average molecular weight is 292 g/mol. The first kappa shape index (κ1) is 14.6. The lowest BCUT2D eigenvalue weighted by Gasteiger charge is -2.06. The fourth-order valence-electron chi connectivity index (χ4n) is 1.61. The maximum Gasteiger partial charge on any atom is 0.354 e. The summed E-state index contributed by atoms with van der Waals surface area (Å²) < 4.78 is 26.1. The first-order chi connectivity index (χ1) is 9.97. The quantitative estimate of drug-likeness (QED) is 0.903. The van der Waals surface area contributed by atoms with Crippen molar-refractivity contribution in [3.63, 3.8) is 0 Å². The number of carboxylic acid groups (broad SMARTS) is 1. The van der Waals surface area contributed by atoms with Gasteiger partial charge < -0.3 is 10.4 Å². The molecule has 1 aromatic heterocycles. The number of aromatic nitrogens is 1. The van der Waals surface area contributed by atoms with E-state index in [0.717, 1.165) is 6.07 Å². The lowest BCUT2D eigenvalue weighted by molar-refractivity contribution is 0.0690. The van der Waals surface area contributed by atoms with Crippen molar-refractivity contribution in [2.75, 3.05) is 0 Å². The van der Waals surface area contributed by atoms with Gasteiger partial charge in [0.2, 0.25) is 0 Å². The molecule has 2 N–H and O–H groups in total. The Morgan fingerprint density at radius 2 is 1.86 bits per heavy atom. The molecule has 0 aliphatic carbocycles. The Labute approximate surface area is 118 Å². The first-order valence-electron chi connectivity index (χ1n) is 5.90. The molecule has 5 nitrogen and oxygen atoms in total. The van der Waals surface area contributed by atoms with E-state index in [0.29, 0.717) is 6.07 Å². The predicted octanol–water partition coefficient (Wildman–Crippen LogP) is 1.99. The van der Waals surface area contributed by atoms with Gasteiger partial charge in [-0.2, -0.15) is 0 Å². The van der Waals surface area contributed by atoms with Gasteiger partial charge in [-0.15, -0.1) is 0 Å². The smallest absolute Gasteiger partial charge is 0.354 e. The van der Waals surface area contributed by atoms with Crippen molar-refractivity contribution in [2.24, 2.45) is 0 Å². The van der Waals surface area contributed by atoms with Crippen LogP contribution in [0.1, 0.15) is 26.5 Å². The monoisotopic (exact) mass is 292 g/mol. The van der Waals surface area contributed by atoms with E-state index in [9.17, 15) is 18.4 Å². The second-order valence-electron chi connectivity index (χ2n) is 4.13. The molecule has 2 aromatic rings. The maximum atomic E-state index is 13.4. The number of nitrogens with one attached hydrogen (secondary N) is 1. The molecule has 0 spiro atoms. The van der Waals surface area contributed by atoms with Gasteiger partial charge in [0.1, 0.15) is 23.0 Å². The van der Waals surface area contributed by atoms with E-state index in [2.05, 4.69) is 10.3 Å². The molecule has 2 rings (SSSR count). The van der Waals surface area contributed by atoms with Gasteiger partial charge in [0.05, 0.1) is 0 Å². The number of hydrogen-bond acceptors (Lipinski definition) is 3. The van der Waals surface area contributed by atoms with Crippen LogP contribution in [0.25, 0.3) is 0 Å². The van der Waals surface area contributed by atoms with Gasteiger partial charge in [-0.1, -0.05) is 12.1 Å². The Bertz CT molecular complexity index is 704. The van der Waals surface area contributed by atoms with Crippen molar-refractivity contribution in [3.05, 3.63) is 65.0 Å². The molecule has 0 radical (unpaired) electrons. The minimum Gasteiger partial charge on any atom is -0.477 e. The third-order valence-electron chi connectivity index (χ3n) is 2.66. The Kier molecular flexibility index (Phi) is 4.22. The van der Waals surface area contributed by atoms with Crippen molar-refractivity contribution in [1.82, 2.24) is 10.3 Å². The molecule has 0 fully saturated rings. The lowest BCUT2D eigenvalue weighted by Crippen LogP contribution is -2.25. The Morgan fingerprint density at radius 3 is 2.52 bits per heavy atom. The van der Waals surface area contributed by atoms with E-state index in [4.69, 9.17) is 5.11 Å². The highest BCUT2D eigenvalue weighted by Crippen LogP contribution is 2.09. The number of carbonyl (C=O) groups excluding carboxylic acids is 1. The number of carboxylic acids is 1. The van der Waals surface area contributed by atoms with E-state index in [-0.39, 0.29) is 23.5 Å². The molecule has 1 amide bonds. The Balaban J connectivity index is 2.08. The number of pyridine rings is 1. The largest absolute Gasteiger partial charge is 0.477 e. The summed E-state index contributed by atoms with van der Waals surface area (Å²) in [5, 5.41) is 11.2. The highest BCUT2D eigenvalue weighted by atomic mass is 19.1. The molecular formula is C14H10F2N2O3. The zero-order valence-corrected chi connectivity index (χ0v) is 10.6. The molecule has 0 bridgehead atoms. The van der Waals surface area contributed by atoms with Gasteiger partial charge in [-0.25, -0.2) is 18.6 Å². The van der Waals surface area contributed by atoms with Crippen LogP contribution in [-0.2, 0) is 6.54 Å². The summed E-state index contributed by atoms with van der Waals surface area (Å²) in [6.07, 6.45) is 0. The van der Waals surface area contributed by atoms with Gasteiger partial charge in [0, 0.05) is 18.2 Å². The first-order valence-corrected chi connectivity index (χ1v) is 5.90. The van der Waals surface area contributed by atoms with Gasteiger partial charge in [0.15, 0.2) is 0 Å². The molecule has 7 heteroatoms. The fraction of sp³-hybridized carbons (Fsp3) is 0.0714. The summed E-state index contributed by atoms with van der Waals surface area (Å²) in [6, 6.07) is 6.97. The molecule has 0 atom stereocenters. The van der Waals surface area contributed by atoms with Crippen LogP contribution >= 0.6 is 0 Å². The molecule has 108 valence electrons. The maximum absolute atomic E-state index is 13.4. The normalized spacial score (nSPS) is 10.2. The van der Waals surface area contributed by atoms with Crippen molar-refractivity contribution in [2.45, 2.75) is 6.54 Å². The number of aromatic carboxylic acids is 1. The molecule has 0 saturated carbocycles. The number of amides is 1. The number of nitrogens with zero attached hydrogens (tertiary/aromatic N) is 1. The SMILES string of the molecule is O=C(O)c1cccc(C(=O)NCc2ccc(F)cc2F)n1. The standard InChI is InChI=1S/C14H10F2N2O3/c15-9-5-4-8(10(16)6-9)7-17-13(19)11-2-1-3-12(18-11)14(20)21/h1-6H,7H2,(H,17,19)(H,20,21). The highest BCUT2D eigenvalue weighted by molar-refractivity contribution is 5.94. The summed E-state index contributed by atoms with van der Waals surface area (Å²) in [5.74, 6) is -3.39. The van der Waals surface area contributed by atoms with Gasteiger partial charge in [-0.3, -0.25) is 4.79 Å². The zero-order valence-electron chi connectivity index (χ0n) is 10.6. The van der Waals surface area contributed by atoms with Crippen LogP contribution in [0.5, 0.6) is 0 Å². The van der Waals surface area contributed by atoms with Crippen LogP contribution in [-0.4, -0.2) is 22.0 Å². The van der Waals surface area contributed by atoms with Crippen LogP contribution < -0.4 is 5.32 Å². The molecule has 1 heterocycles. The summed E-state index contributed by atoms with van der Waals surface area (Å²) in [4.78, 5) is 26.2. The third-order valence-corrected chi connectivity index (χ3v) is 2.66. The minimum atomic E-state index is -1.26. The molecule has 0 unspecified atom stereocenters. The minimum absolute atomic E-state index is 0.0996. The van der Waals surface area contributed by atoms with Gasteiger partial charge in [-0.05, 0) is 18.2 Å². The van der Waals surface area contributed by atoms with Crippen molar-refractivity contribution in [3.8, 4) is 0 Å². The van der Waals surface area contributed by atoms with Crippen LogP contribution in [0, 0.1) is 11.6 Å². The molecule has 0 aliphatic rings. The van der Waals surface area contributed by atoms with Crippen molar-refractivity contribution in [1.29, 1.82) is 0 Å². The topological polar surface area (TPSA) is 79.3 Å². The van der Waals surface area contributed by atoms with Crippen LogP contribution in [0.4, 0.5) is 8.78 Å². The van der Waals surface area contributed by atoms with Gasteiger partial charge in [0.25, 0.3) is 5.91 Å². The molecular weight excluding hydrogens is 282 g/mol. The second kappa shape index (κ2) is 6.08. The number of benzene rings is 1. The fourth-order valence-corrected chi connectivity index (χ4v) is 1.61. The van der Waals surface area contributed by atoms with Gasteiger partial charge >= 0.3 is 5.97 Å². The zero-order chi connectivity index (χ0) is 15.4. The van der Waals surface area contributed by atoms with E-state index in [1.165, 1.54) is 24.3 Å². The highest BCUT2D eigenvalue weighted by Gasteiger charge is 2.12. The van der Waals surface area contributed by atoms with Crippen molar-refractivity contribution >= 4 is 11.9 Å². The van der Waals surface area contributed by atoms with E-state index in [1.54, 1.807) is 0 Å². The van der Waals surface area contributed by atoms with E-state index < -0.39 is 23.5 Å². The van der Waals surface area contributed by atoms with Crippen LogP contribution in [0.3, 0.4) is 0 Å². The molecule has 0 aliphatic heterocycles. The third kappa shape index (κ3) is 3.59. The second-order valence-corrected chi connectivity index (χ2v) is 4.13. The molecule has 0 saturated heterocycles. The summed E-state index contributed by atoms with van der Waals surface area (Å²) in [5.41, 5.74) is -0.257. The number of halogens is 2. The van der Waals surface area contributed by atoms with Crippen LogP contribution in [0.2, 0.25) is 0 Å². The summed E-state index contributed by atoms with van der Waals surface area (Å²) in [7, 11) is 0. The predicted molar refractivity (Wildman–Crippen MR) is 68.7 cm³/mol. The molecule has 21 heavy (non-hydrogen) atoms. The Hall–Kier alpha value is -2.83. The van der Waals surface area contributed by atoms with Crippen LogP contribution in [0.15, 0.2) is 36.4 Å². The summed E-state index contributed by atoms with van der Waals surface area (Å²) >= 11 is 0. The number of carbonyl (C=O) groups is 2. The van der Waals surface area contributed by atoms with E-state index >= 15 is 0 Å². The van der Waals surface area contributed by atoms with E-state index in [1.807, 2.05) is 0 Å². The summed E-state index contributed by atoms with van der Waals surface area (Å²) in [6.45, 7) is -0.163. The number of rotatable bonds is 4. The Morgan fingerprint density at radius 1 is 1.14 bits per heavy atom. The average Bonchev–Trinajstić information content (AvgIpc) is 2.46. The molecule has 1 aromatic carbocycles. The lowest BCUT2D eigenvalue weighted by atomic mass is 10.2. The number of hydrogen-bond donors (Lipinski definition) is 2. The van der Waals surface area contributed by atoms with Crippen molar-refractivity contribution < 1.29 is 23.5 Å².